The van der Waals surface area contributed by atoms with Crippen LogP contribution in [0.2, 0.25) is 0 Å². The number of aryl methyl sites for hydroxylation is 1. The first-order valence-electron chi connectivity index (χ1n) is 10.4. The van der Waals surface area contributed by atoms with E-state index >= 15 is 0 Å². The molecular formula is C23H22F2N4O2. The molecule has 2 heterocycles. The number of aromatic nitrogens is 3. The fourth-order valence-corrected chi connectivity index (χ4v) is 4.11. The van der Waals surface area contributed by atoms with E-state index in [1.165, 1.54) is 6.07 Å². The van der Waals surface area contributed by atoms with Crippen LogP contribution >= 0.6 is 0 Å². The number of ether oxygens (including phenoxy) is 1. The number of carbonyl (C=O) groups is 1. The number of amides is 1. The number of benzene rings is 2. The molecule has 6 nitrogen and oxygen atoms in total. The van der Waals surface area contributed by atoms with E-state index in [1.54, 1.807) is 17.9 Å². The highest BCUT2D eigenvalue weighted by atomic mass is 19.2. The van der Waals surface area contributed by atoms with Gasteiger partial charge in [-0.1, -0.05) is 5.21 Å². The minimum Gasteiger partial charge on any atom is -0.456 e. The topological polar surface area (TPSA) is 60.2 Å². The van der Waals surface area contributed by atoms with E-state index < -0.39 is 11.6 Å². The Morgan fingerprint density at radius 1 is 1.13 bits per heavy atom. The maximum absolute atomic E-state index is 13.8. The average molecular weight is 424 g/mol. The van der Waals surface area contributed by atoms with E-state index in [1.807, 2.05) is 17.0 Å². The molecule has 1 aromatic heterocycles. The Hall–Kier alpha value is -3.29. The van der Waals surface area contributed by atoms with Gasteiger partial charge < -0.3 is 9.64 Å². The van der Waals surface area contributed by atoms with Crippen molar-refractivity contribution in [3.63, 3.8) is 0 Å². The highest BCUT2D eigenvalue weighted by molar-refractivity contribution is 5.99. The summed E-state index contributed by atoms with van der Waals surface area (Å²) in [7, 11) is 1.77. The van der Waals surface area contributed by atoms with Gasteiger partial charge in [0.1, 0.15) is 17.2 Å². The van der Waals surface area contributed by atoms with E-state index in [4.69, 9.17) is 4.74 Å². The fourth-order valence-electron chi connectivity index (χ4n) is 4.11. The van der Waals surface area contributed by atoms with Crippen LogP contribution in [0, 0.1) is 17.6 Å². The fraction of sp³-hybridized carbons (Fsp3) is 0.348. The summed E-state index contributed by atoms with van der Waals surface area (Å²) in [6, 6.07) is 7.30. The summed E-state index contributed by atoms with van der Waals surface area (Å²) < 4.78 is 35.0. The van der Waals surface area contributed by atoms with Crippen molar-refractivity contribution in [2.45, 2.75) is 38.6 Å². The summed E-state index contributed by atoms with van der Waals surface area (Å²) in [6.07, 6.45) is 5.08. The molecule has 1 aliphatic heterocycles. The lowest BCUT2D eigenvalue weighted by atomic mass is 9.92. The predicted molar refractivity (Wildman–Crippen MR) is 111 cm³/mol. The van der Waals surface area contributed by atoms with Gasteiger partial charge in [-0.15, -0.1) is 5.10 Å². The van der Waals surface area contributed by atoms with Gasteiger partial charge in [-0.2, -0.15) is 0 Å². The minimum absolute atomic E-state index is 0.0825. The van der Waals surface area contributed by atoms with Crippen LogP contribution in [0.5, 0.6) is 11.5 Å². The van der Waals surface area contributed by atoms with Gasteiger partial charge in [0.05, 0.1) is 11.9 Å². The molecule has 1 saturated carbocycles. The van der Waals surface area contributed by atoms with Gasteiger partial charge in [0.15, 0.2) is 11.6 Å². The molecule has 5 rings (SSSR count). The van der Waals surface area contributed by atoms with Gasteiger partial charge in [-0.25, -0.2) is 8.78 Å². The number of anilines is 1. The molecule has 1 fully saturated rings. The lowest BCUT2D eigenvalue weighted by molar-refractivity contribution is -0.120. The molecule has 0 saturated heterocycles. The number of carbonyl (C=O) groups excluding carboxylic acids is 1. The number of nitrogens with zero attached hydrogens (tertiary/aromatic N) is 4. The molecule has 1 amide bonds. The Kier molecular flexibility index (Phi) is 4.72. The Morgan fingerprint density at radius 2 is 1.94 bits per heavy atom. The zero-order valence-corrected chi connectivity index (χ0v) is 17.3. The van der Waals surface area contributed by atoms with E-state index in [0.717, 1.165) is 42.6 Å². The smallest absolute Gasteiger partial charge is 0.230 e. The predicted octanol–water partition coefficient (Wildman–Crippen LogP) is 4.63. The molecule has 160 valence electrons. The Bertz CT molecular complexity index is 1170. The van der Waals surface area contributed by atoms with Crippen LogP contribution in [0.3, 0.4) is 0 Å². The average Bonchev–Trinajstić information content (AvgIpc) is 3.51. The monoisotopic (exact) mass is 424 g/mol. The summed E-state index contributed by atoms with van der Waals surface area (Å²) in [5, 5.41) is 8.20. The Morgan fingerprint density at radius 3 is 2.61 bits per heavy atom. The second kappa shape index (κ2) is 7.44. The maximum atomic E-state index is 13.8. The molecule has 0 spiro atoms. The third-order valence-corrected chi connectivity index (χ3v) is 5.90. The van der Waals surface area contributed by atoms with Gasteiger partial charge in [0.2, 0.25) is 5.91 Å². The molecule has 2 aromatic carbocycles. The van der Waals surface area contributed by atoms with Gasteiger partial charge in [-0.05, 0) is 56.9 Å². The highest BCUT2D eigenvalue weighted by Crippen LogP contribution is 2.46. The van der Waals surface area contributed by atoms with E-state index in [2.05, 4.69) is 17.2 Å². The largest absolute Gasteiger partial charge is 0.456 e. The van der Waals surface area contributed by atoms with Crippen LogP contribution in [0.4, 0.5) is 14.5 Å². The van der Waals surface area contributed by atoms with Gasteiger partial charge in [0.25, 0.3) is 0 Å². The molecule has 1 unspecified atom stereocenters. The van der Waals surface area contributed by atoms with Crippen LogP contribution in [-0.2, 0) is 18.3 Å². The number of hydrogen-bond acceptors (Lipinski definition) is 4. The maximum Gasteiger partial charge on any atom is 0.230 e. The molecule has 0 N–H and O–H groups in total. The first kappa shape index (κ1) is 19.7. The molecule has 0 bridgehead atoms. The molecule has 1 atom stereocenters. The summed E-state index contributed by atoms with van der Waals surface area (Å²) in [5.74, 6) is -1.03. The van der Waals surface area contributed by atoms with Crippen LogP contribution in [0.1, 0.15) is 31.7 Å². The van der Waals surface area contributed by atoms with Crippen LogP contribution in [0.15, 0.2) is 36.5 Å². The molecule has 1 aliphatic carbocycles. The lowest BCUT2D eigenvalue weighted by Crippen LogP contribution is -2.43. The third-order valence-electron chi connectivity index (χ3n) is 5.90. The van der Waals surface area contributed by atoms with Crippen molar-refractivity contribution in [1.29, 1.82) is 0 Å². The van der Waals surface area contributed by atoms with E-state index in [0.29, 0.717) is 23.4 Å². The first-order valence-corrected chi connectivity index (χ1v) is 10.4. The first-order chi connectivity index (χ1) is 14.9. The SMILES string of the molecule is CC1CCc2c(ccc(-c3cn(C)nn3)c2Oc2ccc(F)c(F)c2)N1C(=O)C1CC1. The van der Waals surface area contributed by atoms with Crippen LogP contribution in [-0.4, -0.2) is 26.9 Å². The van der Waals surface area contributed by atoms with E-state index in [9.17, 15) is 13.6 Å². The van der Waals surface area contributed by atoms with Crippen molar-refractivity contribution in [3.05, 3.63) is 53.7 Å². The normalized spacial score (nSPS) is 18.1. The third kappa shape index (κ3) is 3.56. The molecule has 31 heavy (non-hydrogen) atoms. The zero-order valence-electron chi connectivity index (χ0n) is 17.3. The van der Waals surface area contributed by atoms with Crippen LogP contribution < -0.4 is 9.64 Å². The molecular weight excluding hydrogens is 402 g/mol. The number of halogens is 2. The standard InChI is InChI=1S/C23H22F2N4O2/c1-13-3-7-17-21(29(13)23(30)14-4-5-14)10-8-16(20-12-28(2)27-26-20)22(17)31-15-6-9-18(24)19(25)11-15/h6,8-14H,3-5,7H2,1-2H3. The number of rotatable bonds is 4. The molecule has 8 heteroatoms. The van der Waals surface area contributed by atoms with Crippen molar-refractivity contribution >= 4 is 11.6 Å². The van der Waals surface area contributed by atoms with Crippen molar-refractivity contribution in [2.24, 2.45) is 13.0 Å². The van der Waals surface area contributed by atoms with E-state index in [-0.39, 0.29) is 23.6 Å². The van der Waals surface area contributed by atoms with Crippen molar-refractivity contribution in [1.82, 2.24) is 15.0 Å². The Balaban J connectivity index is 1.65. The lowest BCUT2D eigenvalue weighted by Gasteiger charge is -2.36. The zero-order chi connectivity index (χ0) is 21.7. The van der Waals surface area contributed by atoms with Gasteiger partial charge in [0, 0.05) is 36.2 Å². The van der Waals surface area contributed by atoms with Crippen molar-refractivity contribution in [2.75, 3.05) is 4.90 Å². The molecule has 2 aliphatic rings. The summed E-state index contributed by atoms with van der Waals surface area (Å²) in [5.41, 5.74) is 2.95. The second-order valence-electron chi connectivity index (χ2n) is 8.27. The number of fused-ring (bicyclic) bond motifs is 1. The summed E-state index contributed by atoms with van der Waals surface area (Å²) in [4.78, 5) is 14.9. The van der Waals surface area contributed by atoms with Crippen molar-refractivity contribution < 1.29 is 18.3 Å². The Labute approximate surface area is 178 Å². The van der Waals surface area contributed by atoms with Crippen LogP contribution in [0.25, 0.3) is 11.3 Å². The quantitative estimate of drug-likeness (QED) is 0.613. The van der Waals surface area contributed by atoms with Crippen molar-refractivity contribution in [3.8, 4) is 22.8 Å². The van der Waals surface area contributed by atoms with Gasteiger partial charge >= 0.3 is 0 Å². The molecule has 0 radical (unpaired) electrons. The minimum atomic E-state index is -0.984. The summed E-state index contributed by atoms with van der Waals surface area (Å²) in [6.45, 7) is 2.05. The molecule has 3 aromatic rings. The van der Waals surface area contributed by atoms with Gasteiger partial charge in [-0.3, -0.25) is 9.48 Å². The second-order valence-corrected chi connectivity index (χ2v) is 8.27. The summed E-state index contributed by atoms with van der Waals surface area (Å²) >= 11 is 0. The highest BCUT2D eigenvalue weighted by Gasteiger charge is 2.39. The number of hydrogen-bond donors (Lipinski definition) is 0.